The largest absolute Gasteiger partial charge is 0.428 e. The van der Waals surface area contributed by atoms with Gasteiger partial charge in [0, 0.05) is 6.07 Å². The van der Waals surface area contributed by atoms with E-state index < -0.39 is 0 Å². The molecule has 2 rings (SSSR count). The second kappa shape index (κ2) is 3.06. The Hall–Kier alpha value is -0.560. The summed E-state index contributed by atoms with van der Waals surface area (Å²) in [6.07, 6.45) is 0. The molecule has 0 amide bonds. The number of halogens is 1. The molecule has 1 heterocycles. The quantitative estimate of drug-likeness (QED) is 0.822. The fraction of sp³-hybridized carbons (Fsp3) is 0. The summed E-state index contributed by atoms with van der Waals surface area (Å²) in [6.45, 7) is 0. The molecule has 0 aliphatic carbocycles. The second-order valence-electron chi connectivity index (χ2n) is 2.26. The van der Waals surface area contributed by atoms with Crippen LogP contribution in [0.15, 0.2) is 18.2 Å². The molecule has 5 heteroatoms. The summed E-state index contributed by atoms with van der Waals surface area (Å²) in [5.74, 6) is 0.826. The first kappa shape index (κ1) is 8.06. The van der Waals surface area contributed by atoms with Crippen molar-refractivity contribution in [1.29, 1.82) is 0 Å². The number of fused-ring (bicyclic) bond motifs is 1. The van der Waals surface area contributed by atoms with Crippen molar-refractivity contribution < 1.29 is 3.07 Å². The fourth-order valence-corrected chi connectivity index (χ4v) is 2.01. The molecule has 0 bridgehead atoms. The predicted octanol–water partition coefficient (Wildman–Crippen LogP) is 2.61. The highest BCUT2D eigenvalue weighted by molar-refractivity contribution is 14.1. The summed E-state index contributed by atoms with van der Waals surface area (Å²) in [7, 11) is 0. The molecule has 1 aromatic carbocycles. The van der Waals surface area contributed by atoms with E-state index in [4.69, 9.17) is 8.80 Å². The maximum Gasteiger partial charge on any atom is 0.192 e. The Morgan fingerprint density at radius 1 is 1.50 bits per heavy atom. The minimum Gasteiger partial charge on any atom is -0.428 e. The van der Waals surface area contributed by atoms with Gasteiger partial charge < -0.3 is 8.80 Å². The first-order valence-corrected chi connectivity index (χ1v) is 4.94. The molecular weight excluding hydrogens is 287 g/mol. The van der Waals surface area contributed by atoms with Crippen LogP contribution in [0, 0.1) is 0 Å². The van der Waals surface area contributed by atoms with E-state index >= 15 is 0 Å². The molecule has 2 N–H and O–H groups in total. The van der Waals surface area contributed by atoms with Crippen molar-refractivity contribution in [2.24, 2.45) is 0 Å². The van der Waals surface area contributed by atoms with Crippen LogP contribution in [0.1, 0.15) is 0 Å². The third-order valence-electron chi connectivity index (χ3n) is 1.47. The Morgan fingerprint density at radius 2 is 2.33 bits per heavy atom. The average Bonchev–Trinajstić information content (AvgIpc) is 2.43. The number of aromatic nitrogens is 1. The third kappa shape index (κ3) is 1.34. The molecule has 0 atom stereocenters. The summed E-state index contributed by atoms with van der Waals surface area (Å²) in [5.41, 5.74) is 6.47. The fourth-order valence-electron chi connectivity index (χ4n) is 0.971. The zero-order chi connectivity index (χ0) is 8.55. The van der Waals surface area contributed by atoms with Gasteiger partial charge in [-0.15, -0.1) is 0 Å². The van der Waals surface area contributed by atoms with Crippen molar-refractivity contribution in [3.05, 3.63) is 18.2 Å². The van der Waals surface area contributed by atoms with E-state index in [1.54, 1.807) is 0 Å². The minimum absolute atomic E-state index is 0.593. The van der Waals surface area contributed by atoms with E-state index in [0.29, 0.717) is 5.13 Å². The number of thiazole rings is 1. The Balaban J connectivity index is 2.66. The minimum atomic E-state index is 0.593. The van der Waals surface area contributed by atoms with Crippen LogP contribution < -0.4 is 8.80 Å². The van der Waals surface area contributed by atoms with Gasteiger partial charge in [0.15, 0.2) is 28.1 Å². The topological polar surface area (TPSA) is 48.1 Å². The lowest BCUT2D eigenvalue weighted by Gasteiger charge is -1.93. The van der Waals surface area contributed by atoms with E-state index in [9.17, 15) is 0 Å². The number of rotatable bonds is 1. The molecule has 3 nitrogen and oxygen atoms in total. The summed E-state index contributed by atoms with van der Waals surface area (Å²) in [6, 6.07) is 5.69. The van der Waals surface area contributed by atoms with Crippen molar-refractivity contribution >= 4 is 49.7 Å². The van der Waals surface area contributed by atoms with Crippen molar-refractivity contribution in [2.45, 2.75) is 0 Å². The molecule has 0 aliphatic rings. The van der Waals surface area contributed by atoms with Crippen molar-refractivity contribution in [2.75, 3.05) is 5.73 Å². The van der Waals surface area contributed by atoms with E-state index in [0.717, 1.165) is 16.0 Å². The molecule has 0 unspecified atom stereocenters. The Labute approximate surface area is 87.2 Å². The van der Waals surface area contributed by atoms with Crippen LogP contribution in [0.4, 0.5) is 5.13 Å². The van der Waals surface area contributed by atoms with Crippen LogP contribution in [0.5, 0.6) is 5.75 Å². The molecule has 2 aromatic rings. The van der Waals surface area contributed by atoms with Gasteiger partial charge in [-0.05, 0) is 12.1 Å². The average molecular weight is 292 g/mol. The van der Waals surface area contributed by atoms with Crippen LogP contribution in [0.3, 0.4) is 0 Å². The van der Waals surface area contributed by atoms with Gasteiger partial charge in [-0.25, -0.2) is 4.98 Å². The monoisotopic (exact) mass is 292 g/mol. The molecule has 0 spiro atoms. The van der Waals surface area contributed by atoms with E-state index in [2.05, 4.69) is 4.98 Å². The van der Waals surface area contributed by atoms with Crippen molar-refractivity contribution in [1.82, 2.24) is 4.98 Å². The smallest absolute Gasteiger partial charge is 0.192 e. The molecule has 0 fully saturated rings. The van der Waals surface area contributed by atoms with E-state index in [1.807, 2.05) is 41.2 Å². The third-order valence-corrected chi connectivity index (χ3v) is 2.82. The van der Waals surface area contributed by atoms with Crippen molar-refractivity contribution in [3.8, 4) is 5.75 Å². The number of nitrogens with two attached hydrogens (primary N) is 1. The zero-order valence-electron chi connectivity index (χ0n) is 5.95. The van der Waals surface area contributed by atoms with Gasteiger partial charge in [0.25, 0.3) is 0 Å². The number of anilines is 1. The Bertz CT molecular complexity index is 415. The summed E-state index contributed by atoms with van der Waals surface area (Å²) >= 11 is 3.31. The normalized spacial score (nSPS) is 10.4. The summed E-state index contributed by atoms with van der Waals surface area (Å²) in [4.78, 5) is 4.13. The maximum atomic E-state index is 5.55. The molecule has 0 radical (unpaired) electrons. The predicted molar refractivity (Wildman–Crippen MR) is 58.7 cm³/mol. The second-order valence-corrected chi connectivity index (χ2v) is 3.76. The van der Waals surface area contributed by atoms with Crippen LogP contribution in [-0.4, -0.2) is 4.98 Å². The molecular formula is C7H5IN2OS. The van der Waals surface area contributed by atoms with Crippen molar-refractivity contribution in [3.63, 3.8) is 0 Å². The van der Waals surface area contributed by atoms with Gasteiger partial charge >= 0.3 is 0 Å². The van der Waals surface area contributed by atoms with Gasteiger partial charge in [0.2, 0.25) is 0 Å². The first-order chi connectivity index (χ1) is 5.79. The van der Waals surface area contributed by atoms with Gasteiger partial charge in [0.05, 0.1) is 10.2 Å². The number of hydrogen-bond donors (Lipinski definition) is 1. The van der Waals surface area contributed by atoms with Gasteiger partial charge in [-0.1, -0.05) is 11.3 Å². The standard InChI is InChI=1S/C7H5IN2OS/c8-11-4-1-2-5-6(3-4)12-7(9)10-5/h1-3H,(H2,9,10). The molecule has 0 saturated carbocycles. The van der Waals surface area contributed by atoms with Crippen LogP contribution in [-0.2, 0) is 0 Å². The molecule has 12 heavy (non-hydrogen) atoms. The van der Waals surface area contributed by atoms with Gasteiger partial charge in [-0.3, -0.25) is 0 Å². The van der Waals surface area contributed by atoms with Crippen LogP contribution in [0.2, 0.25) is 0 Å². The van der Waals surface area contributed by atoms with Crippen LogP contribution in [0.25, 0.3) is 10.2 Å². The lowest BCUT2D eigenvalue weighted by molar-refractivity contribution is 0.719. The number of nitrogen functional groups attached to an aromatic ring is 1. The van der Waals surface area contributed by atoms with E-state index in [1.165, 1.54) is 11.3 Å². The lowest BCUT2D eigenvalue weighted by Crippen LogP contribution is -1.78. The molecule has 1 aromatic heterocycles. The first-order valence-electron chi connectivity index (χ1n) is 3.24. The van der Waals surface area contributed by atoms with Crippen LogP contribution >= 0.6 is 34.3 Å². The van der Waals surface area contributed by atoms with Gasteiger partial charge in [0.1, 0.15) is 5.75 Å². The van der Waals surface area contributed by atoms with E-state index in [-0.39, 0.29) is 0 Å². The highest BCUT2D eigenvalue weighted by Crippen LogP contribution is 2.27. The molecule has 0 saturated heterocycles. The Morgan fingerprint density at radius 3 is 3.08 bits per heavy atom. The summed E-state index contributed by atoms with van der Waals surface area (Å²) in [5, 5.41) is 0.593. The number of nitrogens with zero attached hydrogens (tertiary/aromatic N) is 1. The van der Waals surface area contributed by atoms with Gasteiger partial charge in [-0.2, -0.15) is 0 Å². The number of hydrogen-bond acceptors (Lipinski definition) is 4. The summed E-state index contributed by atoms with van der Waals surface area (Å²) < 4.78 is 6.10. The Kier molecular flexibility index (Phi) is 2.05. The molecule has 0 aliphatic heterocycles. The number of benzene rings is 1. The maximum absolute atomic E-state index is 5.55. The SMILES string of the molecule is Nc1nc2ccc(OI)cc2s1. The molecule has 62 valence electrons. The highest BCUT2D eigenvalue weighted by atomic mass is 127. The lowest BCUT2D eigenvalue weighted by atomic mass is 10.3. The highest BCUT2D eigenvalue weighted by Gasteiger charge is 2.01. The zero-order valence-corrected chi connectivity index (χ0v) is 8.93.